The van der Waals surface area contributed by atoms with E-state index < -0.39 is 15.6 Å². The zero-order chi connectivity index (χ0) is 23.6. The summed E-state index contributed by atoms with van der Waals surface area (Å²) in [6.45, 7) is 9.54. The molecular weight excluding hydrogens is 428 g/mol. The van der Waals surface area contributed by atoms with Crippen molar-refractivity contribution >= 4 is 26.8 Å². The predicted molar refractivity (Wildman–Crippen MR) is 126 cm³/mol. The quantitative estimate of drug-likeness (QED) is 0.311. The fraction of sp³-hybridized carbons (Fsp3) is 0.333. The van der Waals surface area contributed by atoms with Crippen LogP contribution in [0.15, 0.2) is 67.0 Å². The third-order valence-corrected chi connectivity index (χ3v) is 6.34. The first kappa shape index (κ1) is 23.5. The molecular formula is C24H28N2O5S. The SMILES string of the molecule is COc1ccc2oc(=O)c(/C(=N\S(=O)(=O)c3ccc(C)cc3)N(C(C)C)C(C)C)cc2c1. The zero-order valence-electron chi connectivity index (χ0n) is 19.1. The van der Waals surface area contributed by atoms with Gasteiger partial charge in [-0.3, -0.25) is 0 Å². The van der Waals surface area contributed by atoms with Gasteiger partial charge in [0.05, 0.1) is 12.0 Å². The third kappa shape index (κ3) is 4.85. The van der Waals surface area contributed by atoms with Crippen molar-refractivity contribution in [1.82, 2.24) is 4.90 Å². The second kappa shape index (κ2) is 9.16. The molecule has 0 aliphatic rings. The molecule has 0 fully saturated rings. The van der Waals surface area contributed by atoms with E-state index in [0.717, 1.165) is 5.56 Å². The number of hydrogen-bond donors (Lipinski definition) is 0. The maximum Gasteiger partial charge on any atom is 0.347 e. The first-order chi connectivity index (χ1) is 15.0. The van der Waals surface area contributed by atoms with Crippen LogP contribution >= 0.6 is 0 Å². The molecule has 3 rings (SSSR count). The van der Waals surface area contributed by atoms with Crippen LogP contribution in [0.1, 0.15) is 38.8 Å². The second-order valence-corrected chi connectivity index (χ2v) is 9.75. The topological polar surface area (TPSA) is 89.2 Å². The smallest absolute Gasteiger partial charge is 0.347 e. The lowest BCUT2D eigenvalue weighted by molar-refractivity contribution is 0.292. The minimum atomic E-state index is -4.08. The molecule has 2 aromatic carbocycles. The molecule has 0 aliphatic carbocycles. The average molecular weight is 457 g/mol. The minimum Gasteiger partial charge on any atom is -0.497 e. The normalized spacial score (nSPS) is 12.6. The van der Waals surface area contributed by atoms with E-state index >= 15 is 0 Å². The van der Waals surface area contributed by atoms with Gasteiger partial charge >= 0.3 is 5.63 Å². The fourth-order valence-electron chi connectivity index (χ4n) is 3.58. The van der Waals surface area contributed by atoms with Crippen molar-refractivity contribution in [2.24, 2.45) is 4.40 Å². The molecule has 170 valence electrons. The highest BCUT2D eigenvalue weighted by Crippen LogP contribution is 2.23. The molecule has 0 saturated carbocycles. The van der Waals surface area contributed by atoms with Crippen molar-refractivity contribution in [3.63, 3.8) is 0 Å². The Kier molecular flexibility index (Phi) is 6.74. The largest absolute Gasteiger partial charge is 0.497 e. The van der Waals surface area contributed by atoms with Gasteiger partial charge in [0.2, 0.25) is 0 Å². The van der Waals surface area contributed by atoms with E-state index in [-0.39, 0.29) is 28.4 Å². The molecule has 32 heavy (non-hydrogen) atoms. The Morgan fingerprint density at radius 3 is 2.19 bits per heavy atom. The van der Waals surface area contributed by atoms with Crippen LogP contribution in [0, 0.1) is 6.92 Å². The summed E-state index contributed by atoms with van der Waals surface area (Å²) in [7, 11) is -2.54. The summed E-state index contributed by atoms with van der Waals surface area (Å²) in [5.74, 6) is 0.640. The molecule has 3 aromatic rings. The number of ether oxygens (including phenoxy) is 1. The number of methoxy groups -OCH3 is 1. The summed E-state index contributed by atoms with van der Waals surface area (Å²) in [5, 5.41) is 0.604. The molecule has 7 nitrogen and oxygen atoms in total. The molecule has 0 atom stereocenters. The van der Waals surface area contributed by atoms with Gasteiger partial charge in [-0.1, -0.05) is 17.7 Å². The lowest BCUT2D eigenvalue weighted by atomic mass is 10.1. The van der Waals surface area contributed by atoms with Gasteiger partial charge in [0.1, 0.15) is 16.9 Å². The van der Waals surface area contributed by atoms with Crippen molar-refractivity contribution in [1.29, 1.82) is 0 Å². The van der Waals surface area contributed by atoms with Gasteiger partial charge in [-0.2, -0.15) is 8.42 Å². The summed E-state index contributed by atoms with van der Waals surface area (Å²) in [6.07, 6.45) is 0. The fourth-order valence-corrected chi connectivity index (χ4v) is 4.59. The van der Waals surface area contributed by atoms with Crippen molar-refractivity contribution in [2.45, 2.75) is 51.6 Å². The first-order valence-corrected chi connectivity index (χ1v) is 11.8. The second-order valence-electron chi connectivity index (χ2n) is 8.15. The van der Waals surface area contributed by atoms with Crippen molar-refractivity contribution < 1.29 is 17.6 Å². The maximum atomic E-state index is 13.2. The molecule has 1 aromatic heterocycles. The summed E-state index contributed by atoms with van der Waals surface area (Å²) in [5.41, 5.74) is 0.722. The number of nitrogens with zero attached hydrogens (tertiary/aromatic N) is 2. The zero-order valence-corrected chi connectivity index (χ0v) is 19.9. The third-order valence-electron chi connectivity index (χ3n) is 5.06. The highest BCUT2D eigenvalue weighted by atomic mass is 32.2. The summed E-state index contributed by atoms with van der Waals surface area (Å²) >= 11 is 0. The predicted octanol–water partition coefficient (Wildman–Crippen LogP) is 4.36. The molecule has 0 unspecified atom stereocenters. The summed E-state index contributed by atoms with van der Waals surface area (Å²) in [4.78, 5) is 14.8. The standard InChI is InChI=1S/C24H28N2O5S/c1-15(2)26(16(3)4)23(25-32(28,29)20-10-7-17(5)8-11-20)21-14-18-13-19(30-6)9-12-22(18)31-24(21)27/h7-16H,1-6H3/b25-23+. The summed E-state index contributed by atoms with van der Waals surface area (Å²) < 4.78 is 41.3. The van der Waals surface area contributed by atoms with E-state index in [1.165, 1.54) is 12.1 Å². The Hall–Kier alpha value is -3.13. The minimum absolute atomic E-state index is 0.0500. The highest BCUT2D eigenvalue weighted by Gasteiger charge is 2.27. The highest BCUT2D eigenvalue weighted by molar-refractivity contribution is 7.90. The molecule has 0 aliphatic heterocycles. The molecule has 0 N–H and O–H groups in total. The Labute approximate surface area is 188 Å². The molecule has 1 heterocycles. The monoisotopic (exact) mass is 456 g/mol. The van der Waals surface area contributed by atoms with Gasteiger partial charge in [-0.25, -0.2) is 4.79 Å². The number of fused-ring (bicyclic) bond motifs is 1. The van der Waals surface area contributed by atoms with E-state index in [1.54, 1.807) is 48.4 Å². The molecule has 0 amide bonds. The van der Waals surface area contributed by atoms with Crippen LogP contribution in [-0.4, -0.2) is 38.3 Å². The lowest BCUT2D eigenvalue weighted by Gasteiger charge is -2.33. The van der Waals surface area contributed by atoms with Crippen LogP contribution in [0.4, 0.5) is 0 Å². The average Bonchev–Trinajstić information content (AvgIpc) is 2.72. The van der Waals surface area contributed by atoms with E-state index in [9.17, 15) is 13.2 Å². The molecule has 0 saturated heterocycles. The maximum absolute atomic E-state index is 13.2. The Bertz CT molecular complexity index is 1300. The van der Waals surface area contributed by atoms with E-state index in [2.05, 4.69) is 4.40 Å². The van der Waals surface area contributed by atoms with Gasteiger partial charge in [0.15, 0.2) is 5.84 Å². The number of rotatable bonds is 6. The number of hydrogen-bond acceptors (Lipinski definition) is 5. The summed E-state index contributed by atoms with van der Waals surface area (Å²) in [6, 6.07) is 12.8. The number of sulfonamides is 1. The van der Waals surface area contributed by atoms with Crippen LogP contribution in [0.25, 0.3) is 11.0 Å². The van der Waals surface area contributed by atoms with E-state index in [4.69, 9.17) is 9.15 Å². The van der Waals surface area contributed by atoms with Gasteiger partial charge < -0.3 is 14.1 Å². The number of amidine groups is 1. The van der Waals surface area contributed by atoms with Crippen LogP contribution in [0.5, 0.6) is 5.75 Å². The molecule has 8 heteroatoms. The van der Waals surface area contributed by atoms with Crippen molar-refractivity contribution in [2.75, 3.05) is 7.11 Å². The van der Waals surface area contributed by atoms with E-state index in [1.807, 2.05) is 34.6 Å². The Morgan fingerprint density at radius 1 is 1.00 bits per heavy atom. The van der Waals surface area contributed by atoms with Crippen molar-refractivity contribution in [3.8, 4) is 5.75 Å². The Balaban J connectivity index is 2.30. The number of benzene rings is 2. The van der Waals surface area contributed by atoms with Crippen molar-refractivity contribution in [3.05, 3.63) is 70.1 Å². The van der Waals surface area contributed by atoms with Crippen LogP contribution < -0.4 is 10.4 Å². The van der Waals surface area contributed by atoms with E-state index in [0.29, 0.717) is 16.7 Å². The van der Waals surface area contributed by atoms with Gasteiger partial charge in [0.25, 0.3) is 10.0 Å². The van der Waals surface area contributed by atoms with Crippen LogP contribution in [0.2, 0.25) is 0 Å². The Morgan fingerprint density at radius 2 is 1.62 bits per heavy atom. The number of aryl methyl sites for hydroxylation is 1. The first-order valence-electron chi connectivity index (χ1n) is 10.4. The molecule has 0 bridgehead atoms. The lowest BCUT2D eigenvalue weighted by Crippen LogP contribution is -2.44. The van der Waals surface area contributed by atoms with Gasteiger partial charge in [-0.15, -0.1) is 4.40 Å². The van der Waals surface area contributed by atoms with Gasteiger partial charge in [0, 0.05) is 17.5 Å². The molecule has 0 spiro atoms. The van der Waals surface area contributed by atoms with Crippen LogP contribution in [-0.2, 0) is 10.0 Å². The van der Waals surface area contributed by atoms with Crippen LogP contribution in [0.3, 0.4) is 0 Å². The van der Waals surface area contributed by atoms with Gasteiger partial charge in [-0.05, 0) is 71.0 Å². The molecule has 0 radical (unpaired) electrons.